The van der Waals surface area contributed by atoms with Crippen LogP contribution in [-0.2, 0) is 18.3 Å². The summed E-state index contributed by atoms with van der Waals surface area (Å²) in [5, 5.41) is 6.43. The van der Waals surface area contributed by atoms with Crippen molar-refractivity contribution in [1.82, 2.24) is 24.6 Å². The van der Waals surface area contributed by atoms with Crippen LogP contribution in [0.3, 0.4) is 0 Å². The summed E-state index contributed by atoms with van der Waals surface area (Å²) >= 11 is 0. The van der Waals surface area contributed by atoms with Crippen molar-refractivity contribution >= 4 is 16.6 Å². The van der Waals surface area contributed by atoms with Crippen LogP contribution in [0.4, 0.5) is 0 Å². The van der Waals surface area contributed by atoms with E-state index >= 15 is 0 Å². The SMILES string of the molecule is C[C@H]1CN(C)CCN1CC(=O)Cc1cc2cc(-c3cnn(C)c3)ccc2cn1. The number of carbonyl (C=O) groups is 1. The topological polar surface area (TPSA) is 54.3 Å². The Morgan fingerprint density at radius 3 is 2.71 bits per heavy atom. The van der Waals surface area contributed by atoms with E-state index in [1.165, 1.54) is 0 Å². The molecule has 28 heavy (non-hydrogen) atoms. The molecule has 3 heterocycles. The summed E-state index contributed by atoms with van der Waals surface area (Å²) < 4.78 is 1.80. The van der Waals surface area contributed by atoms with Gasteiger partial charge in [-0.1, -0.05) is 12.1 Å². The zero-order valence-corrected chi connectivity index (χ0v) is 16.8. The second kappa shape index (κ2) is 7.81. The molecule has 6 nitrogen and oxygen atoms in total. The molecule has 1 fully saturated rings. The van der Waals surface area contributed by atoms with Crippen LogP contribution in [0.1, 0.15) is 12.6 Å². The van der Waals surface area contributed by atoms with Gasteiger partial charge in [0.2, 0.25) is 0 Å². The van der Waals surface area contributed by atoms with Crippen molar-refractivity contribution in [1.29, 1.82) is 0 Å². The molecule has 0 amide bonds. The number of fused-ring (bicyclic) bond motifs is 1. The molecule has 0 saturated carbocycles. The molecule has 1 atom stereocenters. The van der Waals surface area contributed by atoms with E-state index in [0.29, 0.717) is 19.0 Å². The quantitative estimate of drug-likeness (QED) is 0.683. The lowest BCUT2D eigenvalue weighted by atomic mass is 10.0. The smallest absolute Gasteiger partial charge is 0.152 e. The van der Waals surface area contributed by atoms with Crippen LogP contribution < -0.4 is 0 Å². The van der Waals surface area contributed by atoms with E-state index in [-0.39, 0.29) is 5.78 Å². The van der Waals surface area contributed by atoms with Crippen LogP contribution in [0.2, 0.25) is 0 Å². The first-order valence-electron chi connectivity index (χ1n) is 9.80. The Kier molecular flexibility index (Phi) is 5.24. The zero-order valence-electron chi connectivity index (χ0n) is 16.8. The van der Waals surface area contributed by atoms with Gasteiger partial charge in [0.25, 0.3) is 0 Å². The molecule has 0 N–H and O–H groups in total. The van der Waals surface area contributed by atoms with Gasteiger partial charge >= 0.3 is 0 Å². The van der Waals surface area contributed by atoms with Gasteiger partial charge in [-0.15, -0.1) is 0 Å². The van der Waals surface area contributed by atoms with Crippen molar-refractivity contribution in [2.75, 3.05) is 33.2 Å². The van der Waals surface area contributed by atoms with Gasteiger partial charge in [-0.05, 0) is 37.1 Å². The number of piperazine rings is 1. The Bertz CT molecular complexity index is 996. The summed E-state index contributed by atoms with van der Waals surface area (Å²) in [7, 11) is 4.05. The Balaban J connectivity index is 1.48. The molecular weight excluding hydrogens is 350 g/mol. The highest BCUT2D eigenvalue weighted by Crippen LogP contribution is 2.24. The first kappa shape index (κ1) is 18.8. The molecule has 1 aliphatic heterocycles. The minimum atomic E-state index is 0.228. The second-order valence-corrected chi connectivity index (χ2v) is 7.94. The van der Waals surface area contributed by atoms with Crippen LogP contribution in [0, 0.1) is 0 Å². The van der Waals surface area contributed by atoms with Gasteiger partial charge in [0.05, 0.1) is 19.2 Å². The van der Waals surface area contributed by atoms with Gasteiger partial charge in [-0.2, -0.15) is 5.10 Å². The fourth-order valence-electron chi connectivity index (χ4n) is 3.93. The predicted molar refractivity (Wildman–Crippen MR) is 111 cm³/mol. The Labute approximate surface area is 165 Å². The molecule has 0 bridgehead atoms. The van der Waals surface area contributed by atoms with E-state index in [0.717, 1.165) is 47.2 Å². The molecule has 146 valence electrons. The number of aromatic nitrogens is 3. The molecule has 1 aromatic carbocycles. The lowest BCUT2D eigenvalue weighted by Gasteiger charge is -2.37. The average Bonchev–Trinajstić information content (AvgIpc) is 3.10. The van der Waals surface area contributed by atoms with Crippen molar-refractivity contribution in [3.8, 4) is 11.1 Å². The number of hydrogen-bond acceptors (Lipinski definition) is 5. The third-order valence-electron chi connectivity index (χ3n) is 5.54. The van der Waals surface area contributed by atoms with Crippen molar-refractivity contribution in [3.05, 3.63) is 48.5 Å². The molecule has 0 radical (unpaired) electrons. The first-order chi connectivity index (χ1) is 13.5. The largest absolute Gasteiger partial charge is 0.304 e. The van der Waals surface area contributed by atoms with E-state index < -0.39 is 0 Å². The van der Waals surface area contributed by atoms with Gasteiger partial charge in [0.1, 0.15) is 0 Å². The fourth-order valence-corrected chi connectivity index (χ4v) is 3.93. The Morgan fingerprint density at radius 1 is 1.11 bits per heavy atom. The van der Waals surface area contributed by atoms with Gasteiger partial charge in [-0.3, -0.25) is 19.4 Å². The van der Waals surface area contributed by atoms with E-state index in [2.05, 4.69) is 52.1 Å². The number of carbonyl (C=O) groups excluding carboxylic acids is 1. The summed E-state index contributed by atoms with van der Waals surface area (Å²) in [5.41, 5.74) is 3.04. The number of ketones is 1. The number of aryl methyl sites for hydroxylation is 1. The molecule has 6 heteroatoms. The fraction of sp³-hybridized carbons (Fsp3) is 0.409. The van der Waals surface area contributed by atoms with Crippen LogP contribution in [0.15, 0.2) is 42.9 Å². The number of hydrogen-bond donors (Lipinski definition) is 0. The van der Waals surface area contributed by atoms with Crippen molar-refractivity contribution in [2.24, 2.45) is 7.05 Å². The summed E-state index contributed by atoms with van der Waals surface area (Å²) in [6, 6.07) is 8.75. The van der Waals surface area contributed by atoms with E-state index in [1.54, 1.807) is 4.68 Å². The predicted octanol–water partition coefficient (Wildman–Crippen LogP) is 2.38. The van der Waals surface area contributed by atoms with Crippen molar-refractivity contribution in [2.45, 2.75) is 19.4 Å². The number of nitrogens with zero attached hydrogens (tertiary/aromatic N) is 5. The third-order valence-corrected chi connectivity index (χ3v) is 5.54. The maximum absolute atomic E-state index is 12.6. The maximum atomic E-state index is 12.6. The van der Waals surface area contributed by atoms with Gasteiger partial charge in [-0.25, -0.2) is 0 Å². The molecule has 1 saturated heterocycles. The second-order valence-electron chi connectivity index (χ2n) is 7.94. The van der Waals surface area contributed by atoms with E-state index in [4.69, 9.17) is 0 Å². The highest BCUT2D eigenvalue weighted by Gasteiger charge is 2.23. The van der Waals surface area contributed by atoms with Crippen molar-refractivity contribution < 1.29 is 4.79 Å². The lowest BCUT2D eigenvalue weighted by Crippen LogP contribution is -2.52. The number of Topliss-reactive ketones (excluding diaryl/α,β-unsaturated/α-hetero) is 1. The van der Waals surface area contributed by atoms with Crippen LogP contribution >= 0.6 is 0 Å². The molecule has 0 spiro atoms. The molecule has 0 aliphatic carbocycles. The molecule has 1 aliphatic rings. The highest BCUT2D eigenvalue weighted by atomic mass is 16.1. The molecular formula is C22H27N5O. The molecule has 2 aromatic heterocycles. The number of benzene rings is 1. The van der Waals surface area contributed by atoms with E-state index in [1.807, 2.05) is 31.7 Å². The van der Waals surface area contributed by atoms with Gasteiger partial charge in [0.15, 0.2) is 5.78 Å². The van der Waals surface area contributed by atoms with Crippen molar-refractivity contribution in [3.63, 3.8) is 0 Å². The summed E-state index contributed by atoms with van der Waals surface area (Å²) in [6.45, 7) is 5.67. The monoisotopic (exact) mass is 377 g/mol. The first-order valence-corrected chi connectivity index (χ1v) is 9.80. The molecule has 4 rings (SSSR count). The standard InChI is InChI=1S/C22H27N5O/c1-16-13-25(2)6-7-27(16)15-22(28)10-21-9-19-8-17(4-5-18(19)11-23-21)20-12-24-26(3)14-20/h4-5,8-9,11-12,14,16H,6-7,10,13,15H2,1-3H3/t16-/m0/s1. The van der Waals surface area contributed by atoms with Crippen LogP contribution in [0.5, 0.6) is 0 Å². The Hall–Kier alpha value is -2.57. The highest BCUT2D eigenvalue weighted by molar-refractivity contribution is 5.88. The van der Waals surface area contributed by atoms with E-state index in [9.17, 15) is 4.79 Å². The lowest BCUT2D eigenvalue weighted by molar-refractivity contribution is -0.120. The minimum Gasteiger partial charge on any atom is -0.304 e. The van der Waals surface area contributed by atoms with Gasteiger partial charge in [0, 0.05) is 61.8 Å². The summed E-state index contributed by atoms with van der Waals surface area (Å²) in [4.78, 5) is 21.7. The number of pyridine rings is 1. The number of likely N-dealkylation sites (N-methyl/N-ethyl adjacent to an activating group) is 1. The van der Waals surface area contributed by atoms with Crippen LogP contribution in [0.25, 0.3) is 21.9 Å². The average molecular weight is 377 g/mol. The number of rotatable bonds is 5. The summed E-state index contributed by atoms with van der Waals surface area (Å²) in [6.07, 6.45) is 6.11. The summed E-state index contributed by atoms with van der Waals surface area (Å²) in [5.74, 6) is 0.228. The minimum absolute atomic E-state index is 0.228. The Morgan fingerprint density at radius 2 is 1.96 bits per heavy atom. The normalized spacial score (nSPS) is 18.6. The van der Waals surface area contributed by atoms with Crippen LogP contribution in [-0.4, -0.2) is 69.6 Å². The third kappa shape index (κ3) is 4.13. The zero-order chi connectivity index (χ0) is 19.7. The molecule has 0 unspecified atom stereocenters. The van der Waals surface area contributed by atoms with Gasteiger partial charge < -0.3 is 4.90 Å². The molecule has 3 aromatic rings. The maximum Gasteiger partial charge on any atom is 0.152 e.